The van der Waals surface area contributed by atoms with Crippen molar-refractivity contribution in [3.63, 3.8) is 0 Å². The van der Waals surface area contributed by atoms with E-state index in [1.54, 1.807) is 10.5 Å². The van der Waals surface area contributed by atoms with Gasteiger partial charge in [0.05, 0.1) is 26.3 Å². The average molecular weight is 657 g/mol. The van der Waals surface area contributed by atoms with Crippen molar-refractivity contribution in [3.05, 3.63) is 60.7 Å². The lowest BCUT2D eigenvalue weighted by Gasteiger charge is -2.20. The molecule has 0 unspecified atom stereocenters. The third-order valence-corrected chi connectivity index (χ3v) is 6.34. The fourth-order valence-electron chi connectivity index (χ4n) is 4.15. The highest BCUT2D eigenvalue weighted by Crippen LogP contribution is 2.14. The van der Waals surface area contributed by atoms with Gasteiger partial charge in [-0.25, -0.2) is 0 Å². The van der Waals surface area contributed by atoms with Crippen LogP contribution in [0, 0.1) is 0 Å². The van der Waals surface area contributed by atoms with Crippen molar-refractivity contribution in [1.29, 1.82) is 0 Å². The summed E-state index contributed by atoms with van der Waals surface area (Å²) in [5.41, 5.74) is 0. The summed E-state index contributed by atoms with van der Waals surface area (Å²) in [5, 5.41) is 3.22. The van der Waals surface area contributed by atoms with Crippen molar-refractivity contribution in [3.8, 4) is 11.5 Å². The molecule has 0 saturated carbocycles. The zero-order chi connectivity index (χ0) is 33.4. The van der Waals surface area contributed by atoms with Crippen LogP contribution in [0.15, 0.2) is 60.7 Å². The van der Waals surface area contributed by atoms with Crippen molar-refractivity contribution >= 4 is 10.4 Å². The van der Waals surface area contributed by atoms with Gasteiger partial charge in [-0.2, -0.15) is 8.42 Å². The van der Waals surface area contributed by atoms with Crippen LogP contribution in [0.5, 0.6) is 11.5 Å². The van der Waals surface area contributed by atoms with Crippen LogP contribution in [-0.2, 0) is 20.1 Å². The Morgan fingerprint density at radius 1 is 0.511 bits per heavy atom. The zero-order valence-electron chi connectivity index (χ0n) is 28.1. The Hall–Kier alpha value is -2.25. The number of rotatable bonds is 24. The van der Waals surface area contributed by atoms with E-state index >= 15 is 0 Å². The first-order valence-electron chi connectivity index (χ1n) is 16.7. The molecule has 0 atom stereocenters. The molecule has 0 bridgehead atoms. The molecule has 2 N–H and O–H groups in total. The summed E-state index contributed by atoms with van der Waals surface area (Å²) in [6, 6.07) is 19.6. The third-order valence-electron chi connectivity index (χ3n) is 6.34. The first-order chi connectivity index (χ1) is 21.7. The summed E-state index contributed by atoms with van der Waals surface area (Å²) >= 11 is 0. The molecule has 10 nitrogen and oxygen atoms in total. The van der Waals surface area contributed by atoms with Crippen LogP contribution in [0.2, 0.25) is 0 Å². The third kappa shape index (κ3) is 31.5. The smallest absolute Gasteiger partial charge is 0.381 e. The highest BCUT2D eigenvalue weighted by Gasteiger charge is 2.08. The van der Waals surface area contributed by atoms with E-state index < -0.39 is 10.4 Å². The summed E-state index contributed by atoms with van der Waals surface area (Å²) < 4.78 is 31.6. The minimum atomic E-state index is -4.67. The Labute approximate surface area is 273 Å². The van der Waals surface area contributed by atoms with Gasteiger partial charge in [0, 0.05) is 0 Å². The first-order valence-corrected chi connectivity index (χ1v) is 18.1. The maximum absolute atomic E-state index is 8.74. The maximum Gasteiger partial charge on any atom is 0.394 e. The molecule has 0 aliphatic heterocycles. The number of unbranched alkanes of at least 4 members (excludes halogenated alkanes) is 12. The molecule has 0 saturated heterocycles. The molecule has 0 aliphatic rings. The van der Waals surface area contributed by atoms with Crippen LogP contribution in [-0.4, -0.2) is 54.3 Å². The predicted octanol–water partition coefficient (Wildman–Crippen LogP) is 9.32. The summed E-state index contributed by atoms with van der Waals surface area (Å²) in [6.07, 6.45) is 18.1. The van der Waals surface area contributed by atoms with Gasteiger partial charge in [0.2, 0.25) is 0 Å². The summed E-state index contributed by atoms with van der Waals surface area (Å²) in [7, 11) is -4.67. The van der Waals surface area contributed by atoms with Crippen molar-refractivity contribution in [2.24, 2.45) is 0 Å². The minimum absolute atomic E-state index is 0.628. The van der Waals surface area contributed by atoms with Gasteiger partial charge < -0.3 is 9.68 Å². The molecule has 0 aliphatic carbocycles. The molecule has 2 rings (SSSR count). The second-order valence-corrected chi connectivity index (χ2v) is 11.3. The van der Waals surface area contributed by atoms with Gasteiger partial charge in [-0.05, 0) is 61.4 Å². The summed E-state index contributed by atoms with van der Waals surface area (Å²) in [6.45, 7) is 11.3. The van der Waals surface area contributed by atoms with Crippen LogP contribution in [0.25, 0.3) is 0 Å². The van der Waals surface area contributed by atoms with Gasteiger partial charge in [-0.15, -0.1) is 0 Å². The Bertz CT molecular complexity index is 911. The second-order valence-electron chi connectivity index (χ2n) is 10.4. The lowest BCUT2D eigenvalue weighted by molar-refractivity contribution is -0.315. The minimum Gasteiger partial charge on any atom is -0.381 e. The Morgan fingerprint density at radius 2 is 0.800 bits per heavy atom. The average Bonchev–Trinajstić information content (AvgIpc) is 3.01. The SMILES string of the molecule is CCCCCCCCCN(OCC)Oc1ccccc1.CCCCCCCCCN(OCC)Oc1ccccc1.O=S(=O)(O)O. The molecule has 11 heteroatoms. The first kappa shape index (κ1) is 42.8. The quantitative estimate of drug-likeness (QED) is 0.0643. The number of benzene rings is 2. The highest BCUT2D eigenvalue weighted by molar-refractivity contribution is 7.79. The van der Waals surface area contributed by atoms with Crippen LogP contribution in [0.3, 0.4) is 0 Å². The van der Waals surface area contributed by atoms with Crippen molar-refractivity contribution in [2.45, 2.75) is 118 Å². The summed E-state index contributed by atoms with van der Waals surface area (Å²) in [5.74, 6) is 1.65. The Balaban J connectivity index is 0.000000748. The number of para-hydroxylation sites is 2. The van der Waals surface area contributed by atoms with Gasteiger partial charge in [0.1, 0.15) is 0 Å². The van der Waals surface area contributed by atoms with Crippen molar-refractivity contribution < 1.29 is 36.9 Å². The molecule has 0 heterocycles. The van der Waals surface area contributed by atoms with E-state index in [0.717, 1.165) is 37.4 Å². The number of hydrogen-bond acceptors (Lipinski definition) is 8. The monoisotopic (exact) mass is 656 g/mol. The largest absolute Gasteiger partial charge is 0.394 e. The molecule has 0 amide bonds. The summed E-state index contributed by atoms with van der Waals surface area (Å²) in [4.78, 5) is 22.4. The molecule has 0 aromatic heterocycles. The van der Waals surface area contributed by atoms with Crippen LogP contribution in [0.4, 0.5) is 0 Å². The van der Waals surface area contributed by atoms with Gasteiger partial charge in [0.15, 0.2) is 11.5 Å². The number of hydrogen-bond donors (Lipinski definition) is 2. The van der Waals surface area contributed by atoms with E-state index in [2.05, 4.69) is 13.8 Å². The Morgan fingerprint density at radius 3 is 1.09 bits per heavy atom. The number of hydroxylamine groups is 4. The van der Waals surface area contributed by atoms with Gasteiger partial charge in [-0.1, -0.05) is 127 Å². The molecule has 45 heavy (non-hydrogen) atoms. The molecule has 0 fully saturated rings. The van der Waals surface area contributed by atoms with Crippen LogP contribution >= 0.6 is 0 Å². The Kier molecular flexibility index (Phi) is 28.9. The maximum atomic E-state index is 8.74. The van der Waals surface area contributed by atoms with E-state index in [1.807, 2.05) is 74.5 Å². The molecule has 2 aromatic rings. The molecule has 0 radical (unpaired) electrons. The van der Waals surface area contributed by atoms with Crippen LogP contribution < -0.4 is 9.68 Å². The fourth-order valence-corrected chi connectivity index (χ4v) is 4.15. The van der Waals surface area contributed by atoms with Crippen molar-refractivity contribution in [2.75, 3.05) is 26.3 Å². The molecular formula is C34H60N2O8S. The normalized spacial score (nSPS) is 11.0. The van der Waals surface area contributed by atoms with Crippen LogP contribution in [0.1, 0.15) is 118 Å². The predicted molar refractivity (Wildman–Crippen MR) is 181 cm³/mol. The van der Waals surface area contributed by atoms with Crippen molar-refractivity contribution in [1.82, 2.24) is 10.5 Å². The van der Waals surface area contributed by atoms with E-state index in [9.17, 15) is 0 Å². The number of nitrogens with zero attached hydrogens (tertiary/aromatic N) is 2. The molecular weight excluding hydrogens is 596 g/mol. The standard InChI is InChI=1S/2C17H29NO2.H2O4S/c2*1-3-5-6-7-8-9-13-16-18(19-4-2)20-17-14-11-10-12-15-17;1-5(2,3)4/h2*10-12,14-15H,3-9,13,16H2,1-2H3;(H2,1,2,3,4). The van der Waals surface area contributed by atoms with Gasteiger partial charge in [0.25, 0.3) is 0 Å². The lowest BCUT2D eigenvalue weighted by Crippen LogP contribution is -2.29. The van der Waals surface area contributed by atoms with E-state index in [4.69, 9.17) is 36.9 Å². The van der Waals surface area contributed by atoms with E-state index in [0.29, 0.717) is 13.2 Å². The second kappa shape index (κ2) is 30.4. The molecule has 2 aromatic carbocycles. The topological polar surface area (TPSA) is 118 Å². The molecule has 260 valence electrons. The van der Waals surface area contributed by atoms with E-state index in [-0.39, 0.29) is 0 Å². The lowest BCUT2D eigenvalue weighted by atomic mass is 10.1. The zero-order valence-corrected chi connectivity index (χ0v) is 29.0. The highest BCUT2D eigenvalue weighted by atomic mass is 32.3. The molecule has 0 spiro atoms. The van der Waals surface area contributed by atoms with E-state index in [1.165, 1.54) is 77.0 Å². The van der Waals surface area contributed by atoms with Gasteiger partial charge in [-0.3, -0.25) is 18.8 Å². The fraction of sp³-hybridized carbons (Fsp3) is 0.647. The van der Waals surface area contributed by atoms with Gasteiger partial charge >= 0.3 is 10.4 Å².